The Hall–Kier alpha value is -0.650. The summed E-state index contributed by atoms with van der Waals surface area (Å²) in [7, 11) is 0. The monoisotopic (exact) mass is 443 g/mol. The van der Waals surface area contributed by atoms with Crippen LogP contribution in [-0.4, -0.2) is 46.1 Å². The Morgan fingerprint density at radius 2 is 1.10 bits per heavy atom. The molecule has 0 fully saturated rings. The van der Waals surface area contributed by atoms with Gasteiger partial charge in [0.25, 0.3) is 0 Å². The Labute approximate surface area is 192 Å². The number of aliphatic hydroxyl groups is 3. The molecule has 3 atom stereocenters. The van der Waals surface area contributed by atoms with Crippen LogP contribution in [-0.2, 0) is 4.79 Å². The third-order valence-electron chi connectivity index (χ3n) is 6.21. The lowest BCUT2D eigenvalue weighted by Crippen LogP contribution is -2.50. The van der Waals surface area contributed by atoms with E-state index in [1.54, 1.807) is 0 Å². The van der Waals surface area contributed by atoms with Crippen LogP contribution in [0, 0.1) is 0 Å². The minimum atomic E-state index is -1.12. The van der Waals surface area contributed by atoms with E-state index in [0.29, 0.717) is 12.8 Å². The maximum absolute atomic E-state index is 12.0. The van der Waals surface area contributed by atoms with Gasteiger partial charge in [-0.3, -0.25) is 4.79 Å². The highest BCUT2D eigenvalue weighted by Crippen LogP contribution is 2.15. The zero-order chi connectivity index (χ0) is 23.2. The van der Waals surface area contributed by atoms with Gasteiger partial charge >= 0.3 is 0 Å². The second kappa shape index (κ2) is 22.5. The normalized spacial score (nSPS) is 14.4. The van der Waals surface area contributed by atoms with Gasteiger partial charge in [-0.1, -0.05) is 117 Å². The predicted octanol–water partition coefficient (Wildman–Crippen LogP) is 5.64. The third kappa shape index (κ3) is 18.6. The summed E-state index contributed by atoms with van der Waals surface area (Å²) in [5.41, 5.74) is 0. The van der Waals surface area contributed by atoms with Crippen LogP contribution >= 0.6 is 0 Å². The molecular formula is C26H53NO4. The van der Waals surface area contributed by atoms with Crippen molar-refractivity contribution in [2.45, 2.75) is 154 Å². The van der Waals surface area contributed by atoms with E-state index in [0.717, 1.165) is 38.5 Å². The summed E-state index contributed by atoms with van der Waals surface area (Å²) in [5.74, 6) is -0.160. The lowest BCUT2D eigenvalue weighted by Gasteiger charge is -2.26. The van der Waals surface area contributed by atoms with Gasteiger partial charge in [0.15, 0.2) is 0 Å². The van der Waals surface area contributed by atoms with E-state index in [-0.39, 0.29) is 12.5 Å². The molecule has 0 radical (unpaired) electrons. The maximum atomic E-state index is 12.0. The fourth-order valence-electron chi connectivity index (χ4n) is 4.04. The third-order valence-corrected chi connectivity index (χ3v) is 6.21. The van der Waals surface area contributed by atoms with Gasteiger partial charge in [-0.25, -0.2) is 0 Å². The van der Waals surface area contributed by atoms with Crippen molar-refractivity contribution in [2.24, 2.45) is 0 Å². The van der Waals surface area contributed by atoms with Gasteiger partial charge in [0.1, 0.15) is 6.10 Å². The van der Waals surface area contributed by atoms with E-state index in [1.165, 1.54) is 70.6 Å². The Balaban J connectivity index is 3.76. The molecule has 0 aromatic heterocycles. The minimum Gasteiger partial charge on any atom is -0.394 e. The zero-order valence-corrected chi connectivity index (χ0v) is 20.6. The van der Waals surface area contributed by atoms with Crippen molar-refractivity contribution in [3.63, 3.8) is 0 Å². The Morgan fingerprint density at radius 3 is 1.55 bits per heavy atom. The van der Waals surface area contributed by atoms with Crippen LogP contribution in [0.4, 0.5) is 0 Å². The van der Waals surface area contributed by atoms with Crippen LogP contribution < -0.4 is 5.32 Å². The fraction of sp³-hybridized carbons (Fsp3) is 0.962. The number of carbonyl (C=O) groups excluding carboxylic acids is 1. The van der Waals surface area contributed by atoms with E-state index in [2.05, 4.69) is 19.2 Å². The molecule has 5 heteroatoms. The molecule has 5 nitrogen and oxygen atoms in total. The molecule has 186 valence electrons. The average Bonchev–Trinajstić information content (AvgIpc) is 2.77. The van der Waals surface area contributed by atoms with E-state index >= 15 is 0 Å². The second-order valence-corrected chi connectivity index (χ2v) is 9.26. The highest BCUT2D eigenvalue weighted by molar-refractivity contribution is 5.76. The van der Waals surface area contributed by atoms with Gasteiger partial charge in [0, 0.05) is 6.42 Å². The summed E-state index contributed by atoms with van der Waals surface area (Å²) in [6, 6.07) is -0.796. The van der Waals surface area contributed by atoms with Crippen LogP contribution in [0.5, 0.6) is 0 Å². The summed E-state index contributed by atoms with van der Waals surface area (Å²) < 4.78 is 0. The number of unbranched alkanes of at least 4 members (excludes halogenated alkanes) is 15. The van der Waals surface area contributed by atoms with Crippen molar-refractivity contribution in [2.75, 3.05) is 6.61 Å². The fourth-order valence-corrected chi connectivity index (χ4v) is 4.04. The Kier molecular flexibility index (Phi) is 22.1. The number of rotatable bonds is 23. The first kappa shape index (κ1) is 30.4. The van der Waals surface area contributed by atoms with Crippen molar-refractivity contribution in [1.29, 1.82) is 0 Å². The molecule has 1 unspecified atom stereocenters. The number of carbonyl (C=O) groups is 1. The minimum absolute atomic E-state index is 0.160. The highest BCUT2D eigenvalue weighted by Gasteiger charge is 2.26. The van der Waals surface area contributed by atoms with Gasteiger partial charge in [-0.05, 0) is 12.8 Å². The lowest BCUT2D eigenvalue weighted by molar-refractivity contribution is -0.124. The van der Waals surface area contributed by atoms with Crippen LogP contribution in [0.15, 0.2) is 0 Å². The van der Waals surface area contributed by atoms with Crippen LogP contribution in [0.25, 0.3) is 0 Å². The molecule has 4 N–H and O–H groups in total. The maximum Gasteiger partial charge on any atom is 0.220 e. The number of hydrogen-bond acceptors (Lipinski definition) is 4. The summed E-state index contributed by atoms with van der Waals surface area (Å²) in [4.78, 5) is 12.0. The van der Waals surface area contributed by atoms with E-state index in [4.69, 9.17) is 0 Å². The number of aliphatic hydroxyl groups excluding tert-OH is 3. The first-order chi connectivity index (χ1) is 15.1. The zero-order valence-electron chi connectivity index (χ0n) is 20.6. The summed E-state index contributed by atoms with van der Waals surface area (Å²) in [6.45, 7) is 4.04. The largest absolute Gasteiger partial charge is 0.394 e. The predicted molar refractivity (Wildman–Crippen MR) is 130 cm³/mol. The molecule has 0 heterocycles. The number of amides is 1. The van der Waals surface area contributed by atoms with Gasteiger partial charge in [0.05, 0.1) is 18.8 Å². The molecule has 0 rings (SSSR count). The SMILES string of the molecule is CCCCCCCCCCCCCCC(O)[C@H](O)[C@H](CO)NC(=O)CCCCCCC. The molecule has 1 amide bonds. The number of hydrogen-bond donors (Lipinski definition) is 4. The Morgan fingerprint density at radius 1 is 0.677 bits per heavy atom. The van der Waals surface area contributed by atoms with Crippen molar-refractivity contribution >= 4 is 5.91 Å². The van der Waals surface area contributed by atoms with Gasteiger partial charge < -0.3 is 20.6 Å². The van der Waals surface area contributed by atoms with E-state index in [9.17, 15) is 20.1 Å². The topological polar surface area (TPSA) is 89.8 Å². The van der Waals surface area contributed by atoms with Crippen LogP contribution in [0.1, 0.15) is 136 Å². The lowest BCUT2D eigenvalue weighted by atomic mass is 9.99. The van der Waals surface area contributed by atoms with Crippen LogP contribution in [0.2, 0.25) is 0 Å². The second-order valence-electron chi connectivity index (χ2n) is 9.26. The molecule has 0 aliphatic rings. The number of nitrogens with one attached hydrogen (secondary N) is 1. The first-order valence-corrected chi connectivity index (χ1v) is 13.3. The van der Waals surface area contributed by atoms with Crippen molar-refractivity contribution in [3.8, 4) is 0 Å². The average molecular weight is 444 g/mol. The molecule has 0 spiro atoms. The molecule has 0 aliphatic carbocycles. The first-order valence-electron chi connectivity index (χ1n) is 13.3. The molecule has 0 aliphatic heterocycles. The van der Waals surface area contributed by atoms with E-state index < -0.39 is 18.2 Å². The van der Waals surface area contributed by atoms with Crippen molar-refractivity contribution in [1.82, 2.24) is 5.32 Å². The molecule has 0 saturated carbocycles. The molecule has 31 heavy (non-hydrogen) atoms. The summed E-state index contributed by atoms with van der Waals surface area (Å²) >= 11 is 0. The molecule has 0 bridgehead atoms. The molecular weight excluding hydrogens is 390 g/mol. The standard InChI is InChI=1S/C26H53NO4/c1-3-5-7-9-10-11-12-13-14-15-17-18-20-24(29)26(31)23(22-28)27-25(30)21-19-16-8-6-4-2/h23-24,26,28-29,31H,3-22H2,1-2H3,(H,27,30)/t23-,24?,26+/m0/s1. The quantitative estimate of drug-likeness (QED) is 0.154. The van der Waals surface area contributed by atoms with Gasteiger partial charge in [-0.15, -0.1) is 0 Å². The highest BCUT2D eigenvalue weighted by atomic mass is 16.3. The van der Waals surface area contributed by atoms with Crippen molar-refractivity contribution < 1.29 is 20.1 Å². The van der Waals surface area contributed by atoms with Crippen LogP contribution in [0.3, 0.4) is 0 Å². The van der Waals surface area contributed by atoms with Crippen molar-refractivity contribution in [3.05, 3.63) is 0 Å². The van der Waals surface area contributed by atoms with Gasteiger partial charge in [-0.2, -0.15) is 0 Å². The summed E-state index contributed by atoms with van der Waals surface area (Å²) in [6.07, 6.45) is 19.3. The molecule has 0 aromatic carbocycles. The summed E-state index contributed by atoms with van der Waals surface area (Å²) in [5, 5.41) is 32.8. The molecule has 0 aromatic rings. The van der Waals surface area contributed by atoms with Gasteiger partial charge in [0.2, 0.25) is 5.91 Å². The molecule has 0 saturated heterocycles. The smallest absolute Gasteiger partial charge is 0.220 e. The Bertz CT molecular complexity index is 392. The van der Waals surface area contributed by atoms with E-state index in [1.807, 2.05) is 0 Å².